The predicted molar refractivity (Wildman–Crippen MR) is 65.6 cm³/mol. The first kappa shape index (κ1) is 13.9. The van der Waals surface area contributed by atoms with Crippen molar-refractivity contribution in [1.29, 1.82) is 0 Å². The number of nitrogens with one attached hydrogen (secondary N) is 1. The van der Waals surface area contributed by atoms with Gasteiger partial charge in [0.1, 0.15) is 0 Å². The van der Waals surface area contributed by atoms with E-state index in [-0.39, 0.29) is 6.10 Å². The minimum atomic E-state index is -0.358. The Labute approximate surface area is 99.0 Å². The van der Waals surface area contributed by atoms with Crippen molar-refractivity contribution in [2.24, 2.45) is 5.92 Å². The summed E-state index contributed by atoms with van der Waals surface area (Å²) < 4.78 is 4.91. The van der Waals surface area contributed by atoms with Crippen LogP contribution in [0.1, 0.15) is 19.3 Å². The van der Waals surface area contributed by atoms with Crippen LogP contribution in [-0.2, 0) is 4.74 Å². The molecule has 0 bridgehead atoms. The number of hydrogen-bond donors (Lipinski definition) is 2. The molecule has 0 aromatic heterocycles. The highest BCUT2D eigenvalue weighted by Gasteiger charge is 2.14. The van der Waals surface area contributed by atoms with E-state index in [0.717, 1.165) is 12.5 Å². The molecule has 1 atom stereocenters. The Morgan fingerprint density at radius 3 is 2.75 bits per heavy atom. The van der Waals surface area contributed by atoms with Crippen molar-refractivity contribution in [3.8, 4) is 0 Å². The highest BCUT2D eigenvalue weighted by molar-refractivity contribution is 4.70. The highest BCUT2D eigenvalue weighted by atomic mass is 16.5. The smallest absolute Gasteiger partial charge is 0.0899 e. The average Bonchev–Trinajstić information content (AvgIpc) is 2.28. The number of piperidine rings is 1. The molecule has 16 heavy (non-hydrogen) atoms. The van der Waals surface area contributed by atoms with E-state index in [1.165, 1.54) is 32.4 Å². The van der Waals surface area contributed by atoms with Gasteiger partial charge in [-0.3, -0.25) is 0 Å². The lowest BCUT2D eigenvalue weighted by Gasteiger charge is -2.26. The third-order valence-corrected chi connectivity index (χ3v) is 3.26. The third kappa shape index (κ3) is 5.80. The molecule has 1 fully saturated rings. The van der Waals surface area contributed by atoms with Gasteiger partial charge in [-0.2, -0.15) is 0 Å². The summed E-state index contributed by atoms with van der Waals surface area (Å²) in [7, 11) is 3.69. The first-order chi connectivity index (χ1) is 7.72. The molecular weight excluding hydrogens is 204 g/mol. The standard InChI is InChI=1S/C12H26N2O2/c1-14(9-12(15)10-16-2)8-5-11-3-6-13-7-4-11/h11-13,15H,3-10H2,1-2H3. The molecule has 0 aliphatic carbocycles. The molecule has 1 saturated heterocycles. The van der Waals surface area contributed by atoms with Crippen molar-refractivity contribution in [1.82, 2.24) is 10.2 Å². The summed E-state index contributed by atoms with van der Waals surface area (Å²) in [5.41, 5.74) is 0. The van der Waals surface area contributed by atoms with Crippen molar-refractivity contribution >= 4 is 0 Å². The number of aliphatic hydroxyl groups is 1. The van der Waals surface area contributed by atoms with Crippen LogP contribution < -0.4 is 5.32 Å². The Hall–Kier alpha value is -0.160. The van der Waals surface area contributed by atoms with Crippen molar-refractivity contribution in [3.63, 3.8) is 0 Å². The summed E-state index contributed by atoms with van der Waals surface area (Å²) in [5.74, 6) is 0.864. The maximum absolute atomic E-state index is 9.58. The van der Waals surface area contributed by atoms with Crippen LogP contribution >= 0.6 is 0 Å². The van der Waals surface area contributed by atoms with E-state index in [0.29, 0.717) is 13.2 Å². The van der Waals surface area contributed by atoms with Crippen LogP contribution in [0.25, 0.3) is 0 Å². The number of aliphatic hydroxyl groups excluding tert-OH is 1. The lowest BCUT2D eigenvalue weighted by atomic mass is 9.94. The van der Waals surface area contributed by atoms with Crippen molar-refractivity contribution in [3.05, 3.63) is 0 Å². The number of likely N-dealkylation sites (N-methyl/N-ethyl adjacent to an activating group) is 1. The molecule has 2 N–H and O–H groups in total. The Bertz CT molecular complexity index is 172. The summed E-state index contributed by atoms with van der Waals surface area (Å²) in [6.45, 7) is 4.54. The number of nitrogens with zero attached hydrogens (tertiary/aromatic N) is 1. The highest BCUT2D eigenvalue weighted by Crippen LogP contribution is 2.15. The van der Waals surface area contributed by atoms with Gasteiger partial charge in [0.15, 0.2) is 0 Å². The maximum atomic E-state index is 9.58. The van der Waals surface area contributed by atoms with E-state index in [1.54, 1.807) is 7.11 Å². The van der Waals surface area contributed by atoms with Gasteiger partial charge in [-0.05, 0) is 51.9 Å². The molecule has 1 heterocycles. The molecule has 0 spiro atoms. The quantitative estimate of drug-likeness (QED) is 0.661. The minimum Gasteiger partial charge on any atom is -0.389 e. The van der Waals surface area contributed by atoms with Crippen LogP contribution in [-0.4, -0.2) is 63.1 Å². The zero-order valence-corrected chi connectivity index (χ0v) is 10.6. The molecule has 96 valence electrons. The number of rotatable bonds is 7. The van der Waals surface area contributed by atoms with E-state index >= 15 is 0 Å². The molecule has 0 aromatic carbocycles. The maximum Gasteiger partial charge on any atom is 0.0899 e. The van der Waals surface area contributed by atoms with Crippen LogP contribution in [0.15, 0.2) is 0 Å². The van der Waals surface area contributed by atoms with E-state index in [9.17, 15) is 5.11 Å². The van der Waals surface area contributed by atoms with Gasteiger partial charge in [0.05, 0.1) is 12.7 Å². The van der Waals surface area contributed by atoms with Crippen LogP contribution in [0.5, 0.6) is 0 Å². The molecule has 4 nitrogen and oxygen atoms in total. The van der Waals surface area contributed by atoms with Gasteiger partial charge < -0.3 is 20.1 Å². The molecule has 0 amide bonds. The van der Waals surface area contributed by atoms with Crippen LogP contribution in [0.2, 0.25) is 0 Å². The Balaban J connectivity index is 2.06. The molecule has 0 radical (unpaired) electrons. The third-order valence-electron chi connectivity index (χ3n) is 3.26. The van der Waals surface area contributed by atoms with Gasteiger partial charge in [-0.25, -0.2) is 0 Å². The topological polar surface area (TPSA) is 44.7 Å². The fourth-order valence-electron chi connectivity index (χ4n) is 2.27. The number of methoxy groups -OCH3 is 1. The average molecular weight is 230 g/mol. The first-order valence-corrected chi connectivity index (χ1v) is 6.28. The Kier molecular flexibility index (Phi) is 6.96. The number of hydrogen-bond acceptors (Lipinski definition) is 4. The summed E-state index contributed by atoms with van der Waals surface area (Å²) in [5, 5.41) is 13.0. The number of ether oxygens (including phenoxy) is 1. The first-order valence-electron chi connectivity index (χ1n) is 6.28. The monoisotopic (exact) mass is 230 g/mol. The molecule has 4 heteroatoms. The second-order valence-electron chi connectivity index (χ2n) is 4.85. The summed E-state index contributed by atoms with van der Waals surface area (Å²) in [6.07, 6.45) is 3.49. The predicted octanol–water partition coefficient (Wildman–Crippen LogP) is 0.315. The summed E-state index contributed by atoms with van der Waals surface area (Å²) in [4.78, 5) is 2.20. The van der Waals surface area contributed by atoms with Crippen LogP contribution in [0.3, 0.4) is 0 Å². The fraction of sp³-hybridized carbons (Fsp3) is 1.00. The summed E-state index contributed by atoms with van der Waals surface area (Å²) >= 11 is 0. The Morgan fingerprint density at radius 2 is 2.12 bits per heavy atom. The Morgan fingerprint density at radius 1 is 1.44 bits per heavy atom. The van der Waals surface area contributed by atoms with Crippen molar-refractivity contribution < 1.29 is 9.84 Å². The zero-order chi connectivity index (χ0) is 11.8. The molecule has 0 saturated carbocycles. The van der Waals surface area contributed by atoms with Gasteiger partial charge >= 0.3 is 0 Å². The summed E-state index contributed by atoms with van der Waals surface area (Å²) in [6, 6.07) is 0. The van der Waals surface area contributed by atoms with Gasteiger partial charge in [-0.1, -0.05) is 0 Å². The fourth-order valence-corrected chi connectivity index (χ4v) is 2.27. The van der Waals surface area contributed by atoms with Crippen molar-refractivity contribution in [2.45, 2.75) is 25.4 Å². The molecular formula is C12H26N2O2. The normalized spacial score (nSPS) is 20.2. The lowest BCUT2D eigenvalue weighted by molar-refractivity contribution is 0.0420. The lowest BCUT2D eigenvalue weighted by Crippen LogP contribution is -2.34. The van der Waals surface area contributed by atoms with Gasteiger partial charge in [0, 0.05) is 13.7 Å². The molecule has 1 aliphatic rings. The van der Waals surface area contributed by atoms with Crippen LogP contribution in [0.4, 0.5) is 0 Å². The second-order valence-corrected chi connectivity index (χ2v) is 4.85. The van der Waals surface area contributed by atoms with E-state index in [1.807, 2.05) is 0 Å². The van der Waals surface area contributed by atoms with Gasteiger partial charge in [-0.15, -0.1) is 0 Å². The second kappa shape index (κ2) is 8.01. The molecule has 0 aromatic rings. The molecule has 1 rings (SSSR count). The van der Waals surface area contributed by atoms with Gasteiger partial charge in [0.2, 0.25) is 0 Å². The van der Waals surface area contributed by atoms with Crippen LogP contribution in [0, 0.1) is 5.92 Å². The molecule has 1 unspecified atom stereocenters. The minimum absolute atomic E-state index is 0.358. The van der Waals surface area contributed by atoms with E-state index < -0.39 is 0 Å². The SMILES string of the molecule is COCC(O)CN(C)CCC1CCNCC1. The van der Waals surface area contributed by atoms with Gasteiger partial charge in [0.25, 0.3) is 0 Å². The van der Waals surface area contributed by atoms with E-state index in [4.69, 9.17) is 4.74 Å². The molecule has 1 aliphatic heterocycles. The van der Waals surface area contributed by atoms with Crippen molar-refractivity contribution in [2.75, 3.05) is 46.9 Å². The van der Waals surface area contributed by atoms with E-state index in [2.05, 4.69) is 17.3 Å². The zero-order valence-electron chi connectivity index (χ0n) is 10.6. The largest absolute Gasteiger partial charge is 0.389 e.